The number of phenols is 1. The Balaban J connectivity index is 2.56. The standard InChI is InChI=1S/C11H11ClO3/c1-11(2)5-9(14)6-3-7(12)8(13)4-10(6)15-11/h3-4,13H,5H2,1-2H3. The molecule has 1 aliphatic rings. The molecule has 4 heteroatoms. The van der Waals surface area contributed by atoms with Crippen molar-refractivity contribution >= 4 is 17.4 Å². The SMILES string of the molecule is CC1(C)CC(=O)c2cc(Cl)c(O)cc2O1. The molecule has 0 saturated heterocycles. The van der Waals surface area contributed by atoms with Crippen molar-refractivity contribution in [1.82, 2.24) is 0 Å². The second kappa shape index (κ2) is 3.14. The Morgan fingerprint density at radius 3 is 2.80 bits per heavy atom. The summed E-state index contributed by atoms with van der Waals surface area (Å²) < 4.78 is 5.59. The van der Waals surface area contributed by atoms with Gasteiger partial charge >= 0.3 is 0 Å². The van der Waals surface area contributed by atoms with E-state index in [4.69, 9.17) is 16.3 Å². The van der Waals surface area contributed by atoms with E-state index in [1.165, 1.54) is 12.1 Å². The van der Waals surface area contributed by atoms with Gasteiger partial charge in [-0.15, -0.1) is 0 Å². The molecule has 1 N–H and O–H groups in total. The highest BCUT2D eigenvalue weighted by atomic mass is 35.5. The molecule has 1 aromatic carbocycles. The summed E-state index contributed by atoms with van der Waals surface area (Å²) in [5.41, 5.74) is -0.0817. The lowest BCUT2D eigenvalue weighted by Crippen LogP contribution is -2.35. The number of hydrogen-bond acceptors (Lipinski definition) is 3. The van der Waals surface area contributed by atoms with Crippen LogP contribution in [0.5, 0.6) is 11.5 Å². The van der Waals surface area contributed by atoms with E-state index in [9.17, 15) is 9.90 Å². The molecule has 2 rings (SSSR count). The van der Waals surface area contributed by atoms with Gasteiger partial charge in [-0.3, -0.25) is 4.79 Å². The smallest absolute Gasteiger partial charge is 0.170 e. The second-order valence-corrected chi connectivity index (χ2v) is 4.67. The summed E-state index contributed by atoms with van der Waals surface area (Å²) in [4.78, 5) is 11.7. The molecule has 0 fully saturated rings. The first-order valence-corrected chi connectivity index (χ1v) is 5.01. The van der Waals surface area contributed by atoms with Gasteiger partial charge in [-0.05, 0) is 19.9 Å². The highest BCUT2D eigenvalue weighted by Crippen LogP contribution is 2.38. The number of benzene rings is 1. The number of ketones is 1. The van der Waals surface area contributed by atoms with Crippen molar-refractivity contribution in [3.63, 3.8) is 0 Å². The van der Waals surface area contributed by atoms with Gasteiger partial charge in [0.1, 0.15) is 17.1 Å². The average Bonchev–Trinajstić information content (AvgIpc) is 2.07. The van der Waals surface area contributed by atoms with Gasteiger partial charge in [-0.25, -0.2) is 0 Å². The molecular weight excluding hydrogens is 216 g/mol. The van der Waals surface area contributed by atoms with Crippen LogP contribution in [-0.4, -0.2) is 16.5 Å². The minimum absolute atomic E-state index is 0.0110. The maximum atomic E-state index is 11.7. The predicted molar refractivity (Wildman–Crippen MR) is 56.8 cm³/mol. The molecule has 0 unspecified atom stereocenters. The third-order valence-electron chi connectivity index (χ3n) is 2.32. The van der Waals surface area contributed by atoms with Gasteiger partial charge in [0.15, 0.2) is 5.78 Å². The monoisotopic (exact) mass is 226 g/mol. The number of aromatic hydroxyl groups is 1. The van der Waals surface area contributed by atoms with Gasteiger partial charge in [-0.1, -0.05) is 11.6 Å². The summed E-state index contributed by atoms with van der Waals surface area (Å²) >= 11 is 5.72. The van der Waals surface area contributed by atoms with Crippen LogP contribution >= 0.6 is 11.6 Å². The molecular formula is C11H11ClO3. The van der Waals surface area contributed by atoms with Gasteiger partial charge in [-0.2, -0.15) is 0 Å². The molecule has 0 atom stereocenters. The first kappa shape index (κ1) is 10.3. The molecule has 0 radical (unpaired) electrons. The molecule has 1 aliphatic heterocycles. The molecule has 80 valence electrons. The van der Waals surface area contributed by atoms with Gasteiger partial charge in [0.25, 0.3) is 0 Å². The van der Waals surface area contributed by atoms with Gasteiger partial charge in [0.2, 0.25) is 0 Å². The number of fused-ring (bicyclic) bond motifs is 1. The number of hydrogen-bond donors (Lipinski definition) is 1. The Morgan fingerprint density at radius 2 is 2.13 bits per heavy atom. The highest BCUT2D eigenvalue weighted by molar-refractivity contribution is 6.32. The lowest BCUT2D eigenvalue weighted by atomic mass is 9.93. The van der Waals surface area contributed by atoms with E-state index in [1.54, 1.807) is 0 Å². The number of carbonyl (C=O) groups is 1. The number of carbonyl (C=O) groups excluding carboxylic acids is 1. The van der Waals surface area contributed by atoms with E-state index < -0.39 is 5.60 Å². The molecule has 1 heterocycles. The van der Waals surface area contributed by atoms with Crippen molar-refractivity contribution in [2.45, 2.75) is 25.9 Å². The molecule has 0 aliphatic carbocycles. The zero-order valence-corrected chi connectivity index (χ0v) is 9.26. The molecule has 0 aromatic heterocycles. The van der Waals surface area contributed by atoms with Crippen molar-refractivity contribution < 1.29 is 14.6 Å². The zero-order valence-electron chi connectivity index (χ0n) is 8.50. The van der Waals surface area contributed by atoms with Crippen LogP contribution in [0.25, 0.3) is 0 Å². The lowest BCUT2D eigenvalue weighted by molar-refractivity contribution is 0.0619. The van der Waals surface area contributed by atoms with Crippen LogP contribution in [0.15, 0.2) is 12.1 Å². The molecule has 15 heavy (non-hydrogen) atoms. The van der Waals surface area contributed by atoms with Crippen LogP contribution in [0.2, 0.25) is 5.02 Å². The highest BCUT2D eigenvalue weighted by Gasteiger charge is 2.33. The molecule has 1 aromatic rings. The van der Waals surface area contributed by atoms with E-state index in [2.05, 4.69) is 0 Å². The number of rotatable bonds is 0. The van der Waals surface area contributed by atoms with Crippen molar-refractivity contribution in [2.75, 3.05) is 0 Å². The van der Waals surface area contributed by atoms with Crippen molar-refractivity contribution in [3.8, 4) is 11.5 Å². The lowest BCUT2D eigenvalue weighted by Gasteiger charge is -2.31. The molecule has 3 nitrogen and oxygen atoms in total. The fourth-order valence-electron chi connectivity index (χ4n) is 1.66. The number of phenolic OH excluding ortho intramolecular Hbond substituents is 1. The summed E-state index contributed by atoms with van der Waals surface area (Å²) in [5.74, 6) is 0.321. The van der Waals surface area contributed by atoms with E-state index in [-0.39, 0.29) is 16.6 Å². The maximum absolute atomic E-state index is 11.7. The van der Waals surface area contributed by atoms with Crippen molar-refractivity contribution in [2.24, 2.45) is 0 Å². The largest absolute Gasteiger partial charge is 0.506 e. The van der Waals surface area contributed by atoms with Crippen LogP contribution in [0.4, 0.5) is 0 Å². The van der Waals surface area contributed by atoms with Gasteiger partial charge < -0.3 is 9.84 Å². The van der Waals surface area contributed by atoms with Crippen LogP contribution in [0.3, 0.4) is 0 Å². The Morgan fingerprint density at radius 1 is 1.47 bits per heavy atom. The molecule has 0 bridgehead atoms. The Labute approximate surface area is 92.6 Å². The molecule has 0 saturated carbocycles. The van der Waals surface area contributed by atoms with E-state index in [0.29, 0.717) is 17.7 Å². The fraction of sp³-hybridized carbons (Fsp3) is 0.364. The maximum Gasteiger partial charge on any atom is 0.170 e. The van der Waals surface area contributed by atoms with Crippen LogP contribution in [0, 0.1) is 0 Å². The summed E-state index contributed by atoms with van der Waals surface area (Å²) in [7, 11) is 0. The van der Waals surface area contributed by atoms with Crippen molar-refractivity contribution in [3.05, 3.63) is 22.7 Å². The van der Waals surface area contributed by atoms with E-state index in [1.807, 2.05) is 13.8 Å². The second-order valence-electron chi connectivity index (χ2n) is 4.26. The number of ether oxygens (including phenoxy) is 1. The first-order valence-electron chi connectivity index (χ1n) is 4.64. The normalized spacial score (nSPS) is 18.2. The summed E-state index contributed by atoms with van der Waals surface area (Å²) in [6.07, 6.45) is 0.321. The Bertz CT molecular complexity index is 438. The minimum Gasteiger partial charge on any atom is -0.506 e. The quantitative estimate of drug-likeness (QED) is 0.740. The molecule has 0 amide bonds. The molecule has 0 spiro atoms. The van der Waals surface area contributed by atoms with Crippen LogP contribution in [0.1, 0.15) is 30.6 Å². The van der Waals surface area contributed by atoms with Crippen LogP contribution in [-0.2, 0) is 0 Å². The fourth-order valence-corrected chi connectivity index (χ4v) is 1.82. The summed E-state index contributed by atoms with van der Waals surface area (Å²) in [5, 5.41) is 9.58. The predicted octanol–water partition coefficient (Wildman–Crippen LogP) is 2.79. The third-order valence-corrected chi connectivity index (χ3v) is 2.62. The minimum atomic E-state index is -0.523. The van der Waals surface area contributed by atoms with E-state index in [0.717, 1.165) is 0 Å². The third kappa shape index (κ3) is 1.79. The van der Waals surface area contributed by atoms with Gasteiger partial charge in [0, 0.05) is 6.07 Å². The zero-order chi connectivity index (χ0) is 11.2. The van der Waals surface area contributed by atoms with Gasteiger partial charge in [0.05, 0.1) is 17.0 Å². The van der Waals surface area contributed by atoms with Crippen molar-refractivity contribution in [1.29, 1.82) is 0 Å². The average molecular weight is 227 g/mol. The number of halogens is 1. The first-order chi connectivity index (χ1) is 6.89. The topological polar surface area (TPSA) is 46.5 Å². The van der Waals surface area contributed by atoms with E-state index >= 15 is 0 Å². The Hall–Kier alpha value is -1.22. The number of Topliss-reactive ketones (excluding diaryl/α,β-unsaturated/α-hetero) is 1. The summed E-state index contributed by atoms with van der Waals surface area (Å²) in [6.45, 7) is 3.67. The van der Waals surface area contributed by atoms with Crippen LogP contribution < -0.4 is 4.74 Å². The summed E-state index contributed by atoms with van der Waals surface area (Å²) in [6, 6.07) is 2.83. The Kier molecular flexibility index (Phi) is 2.15.